The van der Waals surface area contributed by atoms with E-state index in [2.05, 4.69) is 9.72 Å². The molecule has 1 rings (SSSR count). The van der Waals surface area contributed by atoms with E-state index in [1.807, 2.05) is 0 Å². The molecular weight excluding hydrogens is 349 g/mol. The summed E-state index contributed by atoms with van der Waals surface area (Å²) in [5.41, 5.74) is -0.129. The summed E-state index contributed by atoms with van der Waals surface area (Å²) in [7, 11) is 0. The third kappa shape index (κ3) is 3.82. The lowest BCUT2D eigenvalue weighted by molar-refractivity contribution is -0.275. The van der Waals surface area contributed by atoms with Crippen molar-refractivity contribution in [1.29, 1.82) is 0 Å². The molecule has 1 aromatic rings. The summed E-state index contributed by atoms with van der Waals surface area (Å²) in [4.78, 5) is 14.0. The number of carbonyl (C=O) groups excluding carboxylic acids is 1. The molecule has 0 amide bonds. The molecule has 1 aromatic heterocycles. The molecular formula is C7H2ClF3INO2. The van der Waals surface area contributed by atoms with E-state index in [4.69, 9.17) is 11.6 Å². The number of hydrogen-bond acceptors (Lipinski definition) is 3. The van der Waals surface area contributed by atoms with Gasteiger partial charge in [0.2, 0.25) is 0 Å². The Morgan fingerprint density at radius 1 is 1.53 bits per heavy atom. The minimum Gasteiger partial charge on any atom is -0.403 e. The molecule has 0 unspecified atom stereocenters. The molecule has 3 nitrogen and oxygen atoms in total. The van der Waals surface area contributed by atoms with E-state index >= 15 is 0 Å². The summed E-state index contributed by atoms with van der Waals surface area (Å²) in [6.45, 7) is 0. The second kappa shape index (κ2) is 4.52. The van der Waals surface area contributed by atoms with Crippen molar-refractivity contribution >= 4 is 39.4 Å². The van der Waals surface area contributed by atoms with E-state index in [0.29, 0.717) is 0 Å². The van der Waals surface area contributed by atoms with Gasteiger partial charge in [-0.15, -0.1) is 13.2 Å². The Bertz CT molecular complexity index is 396. The number of ether oxygens (including phenoxy) is 1. The van der Waals surface area contributed by atoms with Crippen molar-refractivity contribution < 1.29 is 22.7 Å². The zero-order valence-electron chi connectivity index (χ0n) is 6.81. The summed E-state index contributed by atoms with van der Waals surface area (Å²) < 4.78 is 39.2. The average Bonchev–Trinajstić information content (AvgIpc) is 2.05. The van der Waals surface area contributed by atoms with Crippen molar-refractivity contribution in [3.05, 3.63) is 21.5 Å². The third-order valence-electron chi connectivity index (χ3n) is 1.25. The van der Waals surface area contributed by atoms with Crippen molar-refractivity contribution in [2.75, 3.05) is 0 Å². The van der Waals surface area contributed by atoms with Gasteiger partial charge < -0.3 is 4.74 Å². The van der Waals surface area contributed by atoms with Crippen LogP contribution in [0.2, 0.25) is 0 Å². The van der Waals surface area contributed by atoms with Crippen molar-refractivity contribution in [2.45, 2.75) is 6.36 Å². The van der Waals surface area contributed by atoms with Gasteiger partial charge in [0.1, 0.15) is 5.69 Å². The molecule has 0 saturated heterocycles. The van der Waals surface area contributed by atoms with Crippen LogP contribution in [0.5, 0.6) is 5.75 Å². The van der Waals surface area contributed by atoms with Crippen LogP contribution in [0.4, 0.5) is 13.2 Å². The Balaban J connectivity index is 2.99. The number of nitrogens with zero attached hydrogens (tertiary/aromatic N) is 1. The van der Waals surface area contributed by atoms with Crippen LogP contribution in [0.3, 0.4) is 0 Å². The molecule has 0 bridgehead atoms. The highest BCUT2D eigenvalue weighted by atomic mass is 127. The quantitative estimate of drug-likeness (QED) is 0.607. The third-order valence-corrected chi connectivity index (χ3v) is 2.28. The van der Waals surface area contributed by atoms with E-state index in [-0.39, 0.29) is 9.26 Å². The second-order valence-electron chi connectivity index (χ2n) is 2.32. The SMILES string of the molecule is O=C(Cl)c1cc(I)c(OC(F)(F)F)cn1. The van der Waals surface area contributed by atoms with Crippen LogP contribution < -0.4 is 4.74 Å². The van der Waals surface area contributed by atoms with Crippen LogP contribution >= 0.6 is 34.2 Å². The number of rotatable bonds is 2. The van der Waals surface area contributed by atoms with Crippen LogP contribution in [0.15, 0.2) is 12.3 Å². The molecule has 15 heavy (non-hydrogen) atoms. The van der Waals surface area contributed by atoms with Gasteiger partial charge in [0.25, 0.3) is 5.24 Å². The number of aromatic nitrogens is 1. The van der Waals surface area contributed by atoms with Crippen molar-refractivity contribution in [3.63, 3.8) is 0 Å². The maximum Gasteiger partial charge on any atom is 0.573 e. The zero-order valence-corrected chi connectivity index (χ0v) is 9.72. The second-order valence-corrected chi connectivity index (χ2v) is 3.83. The predicted octanol–water partition coefficient (Wildman–Crippen LogP) is 2.96. The lowest BCUT2D eigenvalue weighted by Gasteiger charge is -2.09. The molecule has 0 atom stereocenters. The molecule has 0 spiro atoms. The summed E-state index contributed by atoms with van der Waals surface area (Å²) in [5, 5.41) is -0.841. The fourth-order valence-corrected chi connectivity index (χ4v) is 1.37. The van der Waals surface area contributed by atoms with Gasteiger partial charge in [-0.3, -0.25) is 4.79 Å². The van der Waals surface area contributed by atoms with Gasteiger partial charge in [0.15, 0.2) is 5.75 Å². The van der Waals surface area contributed by atoms with E-state index in [9.17, 15) is 18.0 Å². The number of alkyl halides is 3. The molecule has 0 aliphatic carbocycles. The molecule has 0 aromatic carbocycles. The van der Waals surface area contributed by atoms with E-state index in [1.165, 1.54) is 0 Å². The average molecular weight is 351 g/mol. The zero-order chi connectivity index (χ0) is 11.6. The number of halogens is 5. The highest BCUT2D eigenvalue weighted by Gasteiger charge is 2.32. The normalized spacial score (nSPS) is 11.3. The van der Waals surface area contributed by atoms with Crippen molar-refractivity contribution in [3.8, 4) is 5.75 Å². The summed E-state index contributed by atoms with van der Waals surface area (Å²) in [5.74, 6) is -0.468. The first-order chi connectivity index (χ1) is 6.79. The Hall–Kier alpha value is -0.570. The highest BCUT2D eigenvalue weighted by molar-refractivity contribution is 14.1. The largest absolute Gasteiger partial charge is 0.573 e. The summed E-state index contributed by atoms with van der Waals surface area (Å²) in [6.07, 6.45) is -3.99. The van der Waals surface area contributed by atoms with Gasteiger partial charge in [0, 0.05) is 0 Å². The number of hydrogen-bond donors (Lipinski definition) is 0. The highest BCUT2D eigenvalue weighted by Crippen LogP contribution is 2.27. The lowest BCUT2D eigenvalue weighted by Crippen LogP contribution is -2.18. The van der Waals surface area contributed by atoms with Crippen molar-refractivity contribution in [2.24, 2.45) is 0 Å². The first-order valence-corrected chi connectivity index (χ1v) is 4.86. The van der Waals surface area contributed by atoms with Gasteiger partial charge in [-0.2, -0.15) is 0 Å². The number of carbonyl (C=O) groups is 1. The molecule has 0 N–H and O–H groups in total. The molecule has 0 saturated carbocycles. The molecule has 8 heteroatoms. The van der Waals surface area contributed by atoms with Crippen LogP contribution in [-0.4, -0.2) is 16.6 Å². The minimum atomic E-state index is -4.78. The first kappa shape index (κ1) is 12.5. The molecule has 1 heterocycles. The standard InChI is InChI=1S/C7H2ClF3INO2/c8-6(14)4-1-3(12)5(2-13-4)15-7(9,10)11/h1-2H. The predicted molar refractivity (Wildman–Crippen MR) is 53.8 cm³/mol. The maximum absolute atomic E-state index is 11.8. The fourth-order valence-electron chi connectivity index (χ4n) is 0.726. The molecule has 0 fully saturated rings. The molecule has 82 valence electrons. The summed E-state index contributed by atoms with van der Waals surface area (Å²) >= 11 is 6.68. The van der Waals surface area contributed by atoms with Gasteiger partial charge in [-0.05, 0) is 40.3 Å². The lowest BCUT2D eigenvalue weighted by atomic mass is 10.3. The molecule has 0 radical (unpaired) electrons. The molecule has 0 aliphatic heterocycles. The Labute approximate surface area is 101 Å². The first-order valence-electron chi connectivity index (χ1n) is 3.41. The van der Waals surface area contributed by atoms with Crippen LogP contribution in [-0.2, 0) is 0 Å². The number of pyridine rings is 1. The summed E-state index contributed by atoms with van der Waals surface area (Å²) in [6, 6.07) is 1.11. The minimum absolute atomic E-state index is 0.101. The maximum atomic E-state index is 11.8. The van der Waals surface area contributed by atoms with Crippen LogP contribution in [0.1, 0.15) is 10.5 Å². The molecule has 0 aliphatic rings. The van der Waals surface area contributed by atoms with Crippen LogP contribution in [0.25, 0.3) is 0 Å². The van der Waals surface area contributed by atoms with Crippen molar-refractivity contribution in [1.82, 2.24) is 4.98 Å². The Morgan fingerprint density at radius 2 is 2.13 bits per heavy atom. The van der Waals surface area contributed by atoms with E-state index < -0.39 is 17.4 Å². The topological polar surface area (TPSA) is 39.2 Å². The van der Waals surface area contributed by atoms with Gasteiger partial charge in [0.05, 0.1) is 9.77 Å². The van der Waals surface area contributed by atoms with E-state index in [0.717, 1.165) is 12.3 Å². The Kier molecular flexibility index (Phi) is 3.77. The monoisotopic (exact) mass is 351 g/mol. The van der Waals surface area contributed by atoms with Crippen LogP contribution in [0, 0.1) is 3.57 Å². The van der Waals surface area contributed by atoms with E-state index in [1.54, 1.807) is 22.6 Å². The van der Waals surface area contributed by atoms with Gasteiger partial charge >= 0.3 is 6.36 Å². The fraction of sp³-hybridized carbons (Fsp3) is 0.143. The van der Waals surface area contributed by atoms with Gasteiger partial charge in [-0.1, -0.05) is 0 Å². The van der Waals surface area contributed by atoms with Gasteiger partial charge in [-0.25, -0.2) is 4.98 Å². The Morgan fingerprint density at radius 3 is 2.53 bits per heavy atom. The smallest absolute Gasteiger partial charge is 0.403 e.